The van der Waals surface area contributed by atoms with Gasteiger partial charge in [0.05, 0.1) is 25.4 Å². The molecule has 0 aromatic heterocycles. The summed E-state index contributed by atoms with van der Waals surface area (Å²) in [5.41, 5.74) is 2.21. The first-order chi connectivity index (χ1) is 15.3. The van der Waals surface area contributed by atoms with Crippen LogP contribution < -0.4 is 0 Å². The summed E-state index contributed by atoms with van der Waals surface area (Å²) in [6, 6.07) is 25.0. The summed E-state index contributed by atoms with van der Waals surface area (Å²) in [7, 11) is -0.963. The second kappa shape index (κ2) is 11.2. The van der Waals surface area contributed by atoms with Crippen molar-refractivity contribution in [3.05, 3.63) is 83.9 Å². The lowest BCUT2D eigenvalue weighted by molar-refractivity contribution is -0.0762. The van der Waals surface area contributed by atoms with E-state index in [1.54, 1.807) is 0 Å². The minimum absolute atomic E-state index is 0.0740. The van der Waals surface area contributed by atoms with Crippen LogP contribution in [0.1, 0.15) is 31.9 Å². The van der Waals surface area contributed by atoms with Gasteiger partial charge in [-0.25, -0.2) is 0 Å². The second-order valence-electron chi connectivity index (χ2n) is 9.91. The van der Waals surface area contributed by atoms with E-state index in [4.69, 9.17) is 9.16 Å². The van der Waals surface area contributed by atoms with Crippen LogP contribution >= 0.6 is 0 Å². The summed E-state index contributed by atoms with van der Waals surface area (Å²) in [6.07, 6.45) is -0.126. The maximum Gasteiger partial charge on any atom is 0.205 e. The van der Waals surface area contributed by atoms with Gasteiger partial charge in [0, 0.05) is 5.92 Å². The molecule has 1 radical (unpaired) electrons. The van der Waals surface area contributed by atoms with Gasteiger partial charge in [0.1, 0.15) is 0 Å². The van der Waals surface area contributed by atoms with Crippen LogP contribution in [0, 0.1) is 11.3 Å². The highest BCUT2D eigenvalue weighted by atomic mass is 28.3. The lowest BCUT2D eigenvalue weighted by Crippen LogP contribution is -2.47. The van der Waals surface area contributed by atoms with E-state index in [-0.39, 0.29) is 17.4 Å². The molecule has 0 fully saturated rings. The number of hydrogen-bond acceptors (Lipinski definition) is 3. The van der Waals surface area contributed by atoms with Crippen molar-refractivity contribution in [3.8, 4) is 0 Å². The van der Waals surface area contributed by atoms with E-state index in [0.717, 1.165) is 12.0 Å². The zero-order valence-corrected chi connectivity index (χ0v) is 21.0. The fourth-order valence-electron chi connectivity index (χ4n) is 4.19. The standard InChI is InChI=1S/C28H37O3Si/c1-28(2,3)27(31-32(4)5)26(29)24(20-30-19-21-12-7-6-8-13-21)18-23-16-11-15-22-14-9-10-17-25(22)23/h6-17,24,26-27,29H,18-20H2,1-5H3/t24-,26-,27?/m1/s1. The van der Waals surface area contributed by atoms with Crippen molar-refractivity contribution in [2.24, 2.45) is 11.3 Å². The summed E-state index contributed by atoms with van der Waals surface area (Å²) in [4.78, 5) is 0. The Morgan fingerprint density at radius 2 is 1.53 bits per heavy atom. The molecule has 3 aromatic rings. The quantitative estimate of drug-likeness (QED) is 0.371. The molecule has 0 aliphatic rings. The number of hydrogen-bond donors (Lipinski definition) is 1. The normalized spacial score (nSPS) is 15.1. The average Bonchev–Trinajstić information content (AvgIpc) is 2.76. The van der Waals surface area contributed by atoms with E-state index in [0.29, 0.717) is 13.2 Å². The molecule has 32 heavy (non-hydrogen) atoms. The molecule has 3 atom stereocenters. The van der Waals surface area contributed by atoms with Crippen LogP contribution in [0.3, 0.4) is 0 Å². The molecule has 4 heteroatoms. The van der Waals surface area contributed by atoms with Gasteiger partial charge >= 0.3 is 0 Å². The molecular weight excluding hydrogens is 412 g/mol. The molecule has 1 unspecified atom stereocenters. The number of rotatable bonds is 10. The Morgan fingerprint density at radius 1 is 0.875 bits per heavy atom. The van der Waals surface area contributed by atoms with Crippen LogP contribution in [0.4, 0.5) is 0 Å². The minimum atomic E-state index is -0.963. The maximum atomic E-state index is 11.6. The fourth-order valence-corrected chi connectivity index (χ4v) is 5.19. The fraction of sp³-hybridized carbons (Fsp3) is 0.429. The molecule has 0 bridgehead atoms. The van der Waals surface area contributed by atoms with Crippen molar-refractivity contribution in [1.82, 2.24) is 0 Å². The molecule has 3 nitrogen and oxygen atoms in total. The summed E-state index contributed by atoms with van der Waals surface area (Å²) in [6.45, 7) is 11.7. The van der Waals surface area contributed by atoms with Crippen molar-refractivity contribution >= 4 is 19.8 Å². The third-order valence-corrected chi connectivity index (χ3v) is 6.54. The first-order valence-electron chi connectivity index (χ1n) is 11.5. The first-order valence-corrected chi connectivity index (χ1v) is 13.9. The van der Waals surface area contributed by atoms with Crippen LogP contribution in [0.2, 0.25) is 13.1 Å². The molecule has 0 spiro atoms. The Bertz CT molecular complexity index is 960. The third-order valence-electron chi connectivity index (χ3n) is 5.81. The summed E-state index contributed by atoms with van der Waals surface area (Å²) in [5, 5.41) is 14.1. The van der Waals surface area contributed by atoms with Gasteiger partial charge in [0.25, 0.3) is 0 Å². The van der Waals surface area contributed by atoms with Crippen molar-refractivity contribution in [2.45, 2.75) is 59.1 Å². The molecule has 0 heterocycles. The predicted octanol–water partition coefficient (Wildman–Crippen LogP) is 6.26. The number of aliphatic hydroxyl groups excluding tert-OH is 1. The average molecular weight is 450 g/mol. The SMILES string of the molecule is C[Si](C)OC([C@H](O)[C@@H](COCc1ccccc1)Cc1cccc2ccccc12)C(C)(C)C. The number of aliphatic hydroxyl groups is 1. The monoisotopic (exact) mass is 449 g/mol. The van der Waals surface area contributed by atoms with Crippen molar-refractivity contribution < 1.29 is 14.3 Å². The van der Waals surface area contributed by atoms with Gasteiger partial charge in [-0.2, -0.15) is 0 Å². The Kier molecular flexibility index (Phi) is 8.66. The molecule has 0 amide bonds. The molecule has 0 saturated carbocycles. The Labute approximate surface area is 195 Å². The van der Waals surface area contributed by atoms with Gasteiger partial charge in [0.15, 0.2) is 0 Å². The van der Waals surface area contributed by atoms with Gasteiger partial charge in [0.2, 0.25) is 9.04 Å². The van der Waals surface area contributed by atoms with Gasteiger partial charge < -0.3 is 14.3 Å². The molecule has 1 N–H and O–H groups in total. The van der Waals surface area contributed by atoms with E-state index in [1.807, 2.05) is 18.2 Å². The highest BCUT2D eigenvalue weighted by molar-refractivity contribution is 6.48. The van der Waals surface area contributed by atoms with Gasteiger partial charge in [-0.15, -0.1) is 0 Å². The highest BCUT2D eigenvalue weighted by Crippen LogP contribution is 2.31. The minimum Gasteiger partial charge on any atom is -0.411 e. The molecule has 3 aromatic carbocycles. The van der Waals surface area contributed by atoms with E-state index in [1.165, 1.54) is 16.3 Å². The maximum absolute atomic E-state index is 11.6. The topological polar surface area (TPSA) is 38.7 Å². The van der Waals surface area contributed by atoms with Crippen LogP contribution in [0.5, 0.6) is 0 Å². The Morgan fingerprint density at radius 3 is 2.22 bits per heavy atom. The van der Waals surface area contributed by atoms with Crippen molar-refractivity contribution in [2.75, 3.05) is 6.61 Å². The summed E-state index contributed by atoms with van der Waals surface area (Å²) >= 11 is 0. The first kappa shape index (κ1) is 24.7. The molecular formula is C28H37O3Si. The summed E-state index contributed by atoms with van der Waals surface area (Å²) < 4.78 is 12.5. The predicted molar refractivity (Wildman–Crippen MR) is 135 cm³/mol. The van der Waals surface area contributed by atoms with Crippen molar-refractivity contribution in [3.63, 3.8) is 0 Å². The molecule has 0 aliphatic heterocycles. The second-order valence-corrected chi connectivity index (χ2v) is 12.0. The van der Waals surface area contributed by atoms with Crippen LogP contribution in [0.25, 0.3) is 10.8 Å². The number of fused-ring (bicyclic) bond motifs is 1. The van der Waals surface area contributed by atoms with Crippen LogP contribution in [-0.2, 0) is 22.2 Å². The van der Waals surface area contributed by atoms with E-state index in [9.17, 15) is 5.11 Å². The largest absolute Gasteiger partial charge is 0.411 e. The lowest BCUT2D eigenvalue weighted by atomic mass is 9.79. The van der Waals surface area contributed by atoms with Crippen molar-refractivity contribution in [1.29, 1.82) is 0 Å². The lowest BCUT2D eigenvalue weighted by Gasteiger charge is -2.39. The smallest absolute Gasteiger partial charge is 0.205 e. The van der Waals surface area contributed by atoms with E-state index in [2.05, 4.69) is 88.5 Å². The van der Waals surface area contributed by atoms with Gasteiger partial charge in [-0.3, -0.25) is 0 Å². The molecule has 3 rings (SSSR count). The zero-order chi connectivity index (χ0) is 23.1. The van der Waals surface area contributed by atoms with Crippen LogP contribution in [-0.4, -0.2) is 33.0 Å². The van der Waals surface area contributed by atoms with E-state index < -0.39 is 15.1 Å². The van der Waals surface area contributed by atoms with E-state index >= 15 is 0 Å². The number of ether oxygens (including phenoxy) is 1. The molecule has 0 aliphatic carbocycles. The Balaban J connectivity index is 1.85. The van der Waals surface area contributed by atoms with Gasteiger partial charge in [-0.1, -0.05) is 93.6 Å². The number of benzene rings is 3. The van der Waals surface area contributed by atoms with Crippen LogP contribution in [0.15, 0.2) is 72.8 Å². The third kappa shape index (κ3) is 6.76. The molecule has 0 saturated heterocycles. The molecule has 171 valence electrons. The summed E-state index contributed by atoms with van der Waals surface area (Å²) in [5.74, 6) is -0.0740. The zero-order valence-electron chi connectivity index (χ0n) is 20.0. The van der Waals surface area contributed by atoms with Gasteiger partial charge in [-0.05, 0) is 46.8 Å². The highest BCUT2D eigenvalue weighted by Gasteiger charge is 2.37. The Hall–Kier alpha value is -1.98.